The Kier molecular flexibility index (Phi) is 2.68. The molecule has 3 rings (SSSR count). The summed E-state index contributed by atoms with van der Waals surface area (Å²) in [6.45, 7) is 0.574. The summed E-state index contributed by atoms with van der Waals surface area (Å²) in [6.07, 6.45) is 4.43. The molecule has 0 saturated heterocycles. The van der Waals surface area contributed by atoms with E-state index in [1.54, 1.807) is 0 Å². The lowest BCUT2D eigenvalue weighted by Gasteiger charge is -2.27. The molecule has 3 nitrogen and oxygen atoms in total. The molecule has 18 heavy (non-hydrogen) atoms. The van der Waals surface area contributed by atoms with Gasteiger partial charge in [-0.2, -0.15) is 0 Å². The number of benzene rings is 1. The molecule has 0 N–H and O–H groups in total. The lowest BCUT2D eigenvalue weighted by molar-refractivity contribution is -0.115. The highest BCUT2D eigenvalue weighted by Crippen LogP contribution is 2.34. The predicted octanol–water partition coefficient (Wildman–Crippen LogP) is 1.93. The first kappa shape index (κ1) is 11.1. The molecular weight excluding hydrogens is 228 g/mol. The van der Waals surface area contributed by atoms with Crippen LogP contribution in [0.5, 0.6) is 0 Å². The van der Waals surface area contributed by atoms with Gasteiger partial charge in [0, 0.05) is 5.57 Å². The summed E-state index contributed by atoms with van der Waals surface area (Å²) in [4.78, 5) is 23.3. The molecule has 0 fully saturated rings. The highest BCUT2D eigenvalue weighted by molar-refractivity contribution is 6.17. The maximum Gasteiger partial charge on any atom is 0.185 e. The normalized spacial score (nSPS) is 22.7. The van der Waals surface area contributed by atoms with Crippen LogP contribution < -0.4 is 0 Å². The Morgan fingerprint density at radius 1 is 1.11 bits per heavy atom. The number of carbonyl (C=O) groups excluding carboxylic acids is 2. The number of ether oxygens (including phenoxy) is 1. The van der Waals surface area contributed by atoms with E-state index >= 15 is 0 Å². The molecule has 0 saturated carbocycles. The highest BCUT2D eigenvalue weighted by Gasteiger charge is 2.28. The number of fused-ring (bicyclic) bond motifs is 1. The van der Waals surface area contributed by atoms with E-state index in [1.807, 2.05) is 24.3 Å². The second kappa shape index (κ2) is 4.35. The molecule has 0 amide bonds. The lowest BCUT2D eigenvalue weighted by Crippen LogP contribution is -2.23. The van der Waals surface area contributed by atoms with E-state index in [2.05, 4.69) is 0 Å². The Morgan fingerprint density at radius 3 is 2.83 bits per heavy atom. The summed E-state index contributed by atoms with van der Waals surface area (Å²) in [5, 5.41) is 0. The van der Waals surface area contributed by atoms with Crippen LogP contribution in [0.2, 0.25) is 0 Å². The molecule has 0 aromatic heterocycles. The van der Waals surface area contributed by atoms with Crippen molar-refractivity contribution in [3.8, 4) is 0 Å². The molecule has 90 valence electrons. The third-order valence-electron chi connectivity index (χ3n) is 3.26. The fourth-order valence-corrected chi connectivity index (χ4v) is 2.38. The zero-order chi connectivity index (χ0) is 12.5. The van der Waals surface area contributed by atoms with E-state index in [0.29, 0.717) is 12.2 Å². The van der Waals surface area contributed by atoms with Crippen molar-refractivity contribution in [2.75, 3.05) is 6.61 Å². The number of ketones is 2. The molecule has 1 aromatic carbocycles. The van der Waals surface area contributed by atoms with Crippen LogP contribution in [0.15, 0.2) is 48.1 Å². The van der Waals surface area contributed by atoms with Gasteiger partial charge in [-0.05, 0) is 35.8 Å². The minimum atomic E-state index is -0.406. The van der Waals surface area contributed by atoms with Gasteiger partial charge in [-0.15, -0.1) is 0 Å². The summed E-state index contributed by atoms with van der Waals surface area (Å²) in [5.41, 5.74) is 2.62. The first-order chi connectivity index (χ1) is 8.75. The van der Waals surface area contributed by atoms with Crippen LogP contribution in [0.25, 0.3) is 0 Å². The molecule has 0 radical (unpaired) electrons. The van der Waals surface area contributed by atoms with Gasteiger partial charge in [0.25, 0.3) is 0 Å². The lowest BCUT2D eigenvalue weighted by atomic mass is 9.89. The van der Waals surface area contributed by atoms with Crippen LogP contribution in [0.3, 0.4) is 0 Å². The zero-order valence-corrected chi connectivity index (χ0v) is 9.76. The summed E-state index contributed by atoms with van der Waals surface area (Å²) < 4.78 is 5.69. The monoisotopic (exact) mass is 240 g/mol. The molecule has 1 heterocycles. The third kappa shape index (κ3) is 1.83. The van der Waals surface area contributed by atoms with Crippen molar-refractivity contribution in [2.24, 2.45) is 0 Å². The number of allylic oxidation sites excluding steroid dienone is 3. The number of hydrogen-bond acceptors (Lipinski definition) is 3. The van der Waals surface area contributed by atoms with Gasteiger partial charge in [0.1, 0.15) is 6.10 Å². The van der Waals surface area contributed by atoms with Gasteiger partial charge < -0.3 is 4.74 Å². The SMILES string of the molecule is O=C1C=CC(=O)C(C2OCCc3ccccc32)=C1. The molecule has 0 bridgehead atoms. The first-order valence-corrected chi connectivity index (χ1v) is 5.93. The van der Waals surface area contributed by atoms with Crippen molar-refractivity contribution in [3.05, 3.63) is 59.2 Å². The quantitative estimate of drug-likeness (QED) is 0.704. The Morgan fingerprint density at radius 2 is 1.94 bits per heavy atom. The van der Waals surface area contributed by atoms with Gasteiger partial charge in [-0.1, -0.05) is 24.3 Å². The average Bonchev–Trinajstić information content (AvgIpc) is 2.41. The van der Waals surface area contributed by atoms with Crippen molar-refractivity contribution >= 4 is 11.6 Å². The van der Waals surface area contributed by atoms with Crippen LogP contribution >= 0.6 is 0 Å². The van der Waals surface area contributed by atoms with Crippen molar-refractivity contribution in [3.63, 3.8) is 0 Å². The maximum absolute atomic E-state index is 11.9. The van der Waals surface area contributed by atoms with Crippen LogP contribution in [-0.4, -0.2) is 18.2 Å². The molecule has 2 aliphatic rings. The summed E-state index contributed by atoms with van der Waals surface area (Å²) in [5.74, 6) is -0.299. The van der Waals surface area contributed by atoms with Crippen molar-refractivity contribution in [1.29, 1.82) is 0 Å². The summed E-state index contributed by atoms with van der Waals surface area (Å²) >= 11 is 0. The predicted molar refractivity (Wildman–Crippen MR) is 66.1 cm³/mol. The van der Waals surface area contributed by atoms with E-state index in [9.17, 15) is 9.59 Å². The van der Waals surface area contributed by atoms with Gasteiger partial charge in [0.15, 0.2) is 11.6 Å². The minimum absolute atomic E-state index is 0.142. The van der Waals surface area contributed by atoms with E-state index < -0.39 is 6.10 Å². The fraction of sp³-hybridized carbons (Fsp3) is 0.200. The van der Waals surface area contributed by atoms with Crippen LogP contribution in [0.4, 0.5) is 0 Å². The topological polar surface area (TPSA) is 43.4 Å². The molecule has 0 spiro atoms. The van der Waals surface area contributed by atoms with E-state index in [1.165, 1.54) is 23.8 Å². The second-order valence-electron chi connectivity index (χ2n) is 4.40. The van der Waals surface area contributed by atoms with E-state index in [0.717, 1.165) is 12.0 Å². The molecule has 1 aliphatic carbocycles. The smallest absolute Gasteiger partial charge is 0.185 e. The number of rotatable bonds is 1. The van der Waals surface area contributed by atoms with Gasteiger partial charge in [-0.3, -0.25) is 9.59 Å². The van der Waals surface area contributed by atoms with Gasteiger partial charge in [0.2, 0.25) is 0 Å². The average molecular weight is 240 g/mol. The van der Waals surface area contributed by atoms with Gasteiger partial charge >= 0.3 is 0 Å². The fourth-order valence-electron chi connectivity index (χ4n) is 2.38. The van der Waals surface area contributed by atoms with E-state index in [4.69, 9.17) is 4.74 Å². The molecule has 1 unspecified atom stereocenters. The highest BCUT2D eigenvalue weighted by atomic mass is 16.5. The number of hydrogen-bond donors (Lipinski definition) is 0. The molecule has 1 atom stereocenters. The van der Waals surface area contributed by atoms with E-state index in [-0.39, 0.29) is 11.6 Å². The minimum Gasteiger partial charge on any atom is -0.368 e. The Hall–Kier alpha value is -2.00. The van der Waals surface area contributed by atoms with Gasteiger partial charge in [-0.25, -0.2) is 0 Å². The zero-order valence-electron chi connectivity index (χ0n) is 9.76. The summed E-state index contributed by atoms with van der Waals surface area (Å²) in [7, 11) is 0. The molecular formula is C15H12O3. The molecule has 1 aromatic rings. The molecule has 1 aliphatic heterocycles. The van der Waals surface area contributed by atoms with Gasteiger partial charge in [0.05, 0.1) is 6.61 Å². The Bertz CT molecular complexity index is 581. The Balaban J connectivity index is 2.04. The van der Waals surface area contributed by atoms with Crippen molar-refractivity contribution in [2.45, 2.75) is 12.5 Å². The summed E-state index contributed by atoms with van der Waals surface area (Å²) in [6, 6.07) is 7.89. The molecule has 3 heteroatoms. The van der Waals surface area contributed by atoms with Crippen LogP contribution in [-0.2, 0) is 20.7 Å². The maximum atomic E-state index is 11.9. The van der Waals surface area contributed by atoms with Crippen LogP contribution in [0, 0.1) is 0 Å². The first-order valence-electron chi connectivity index (χ1n) is 5.93. The third-order valence-corrected chi connectivity index (χ3v) is 3.26. The standard InChI is InChI=1S/C15H12O3/c16-11-5-6-14(17)13(9-11)15-12-4-2-1-3-10(12)7-8-18-15/h1-6,9,15H,7-8H2. The second-order valence-corrected chi connectivity index (χ2v) is 4.40. The largest absolute Gasteiger partial charge is 0.368 e. The number of carbonyl (C=O) groups is 2. The van der Waals surface area contributed by atoms with Crippen molar-refractivity contribution < 1.29 is 14.3 Å². The van der Waals surface area contributed by atoms with Crippen molar-refractivity contribution in [1.82, 2.24) is 0 Å². The van der Waals surface area contributed by atoms with Crippen LogP contribution in [0.1, 0.15) is 17.2 Å². The Labute approximate surface area is 105 Å².